The van der Waals surface area contributed by atoms with Gasteiger partial charge < -0.3 is 8.98 Å². The summed E-state index contributed by atoms with van der Waals surface area (Å²) >= 11 is 0. The van der Waals surface area contributed by atoms with Gasteiger partial charge in [0.1, 0.15) is 5.58 Å². The molecule has 7 aromatic carbocycles. The Labute approximate surface area is 310 Å². The van der Waals surface area contributed by atoms with Gasteiger partial charge in [0.15, 0.2) is 5.82 Å². The van der Waals surface area contributed by atoms with E-state index in [0.717, 1.165) is 61.2 Å². The van der Waals surface area contributed by atoms with Gasteiger partial charge in [-0.05, 0) is 53.6 Å². The maximum Gasteiger partial charge on any atom is 0.213 e. The molecule has 12 rings (SSSR count). The van der Waals surface area contributed by atoms with Gasteiger partial charge in [0.05, 0.1) is 38.8 Å². The number of furan rings is 1. The smallest absolute Gasteiger partial charge is 0.213 e. The predicted octanol–water partition coefficient (Wildman–Crippen LogP) is 12.5. The molecule has 0 aliphatic carbocycles. The molecule has 0 spiro atoms. The molecule has 0 fully saturated rings. The van der Waals surface area contributed by atoms with Gasteiger partial charge in [-0.25, -0.2) is 9.97 Å². The molecule has 254 valence electrons. The molecule has 0 atom stereocenters. The average molecular weight is 693 g/mol. The molecule has 5 nitrogen and oxygen atoms in total. The standard InChI is InChI=1S/C49H32N4O/c1-49(2)37-22-12-20-35-43-34-19-6-10-27-42(34)54-48(43)53(45(35)37)46-36(21-13-23-38(46)49)47-50-39-24-7-3-18-33(39)44(51-47)29-14-11-15-30(28-29)52-40-25-8-4-16-31(40)32-17-5-9-26-41(32)52/h3-28H,1-2H3. The molecule has 0 saturated carbocycles. The van der Waals surface area contributed by atoms with Crippen molar-refractivity contribution in [1.29, 1.82) is 0 Å². The van der Waals surface area contributed by atoms with Crippen molar-refractivity contribution in [2.75, 3.05) is 0 Å². The van der Waals surface area contributed by atoms with Crippen molar-refractivity contribution in [1.82, 2.24) is 19.1 Å². The first-order valence-electron chi connectivity index (χ1n) is 18.5. The molecular formula is C49H32N4O. The zero-order valence-electron chi connectivity index (χ0n) is 29.7. The molecular weight excluding hydrogens is 661 g/mol. The Balaban J connectivity index is 1.13. The molecule has 1 aliphatic rings. The molecule has 0 N–H and O–H groups in total. The van der Waals surface area contributed by atoms with Gasteiger partial charge in [-0.1, -0.05) is 129 Å². The van der Waals surface area contributed by atoms with E-state index in [1.54, 1.807) is 0 Å². The largest absolute Gasteiger partial charge is 0.439 e. The number of hydrogen-bond donors (Lipinski definition) is 0. The quantitative estimate of drug-likeness (QED) is 0.185. The van der Waals surface area contributed by atoms with Gasteiger partial charge in [-0.15, -0.1) is 0 Å². The molecule has 0 saturated heterocycles. The Hall–Kier alpha value is -6.98. The molecule has 0 amide bonds. The molecule has 0 radical (unpaired) electrons. The highest BCUT2D eigenvalue weighted by Crippen LogP contribution is 2.51. The third-order valence-electron chi connectivity index (χ3n) is 11.7. The van der Waals surface area contributed by atoms with Gasteiger partial charge in [-0.3, -0.25) is 4.57 Å². The van der Waals surface area contributed by atoms with Crippen molar-refractivity contribution in [3.63, 3.8) is 0 Å². The summed E-state index contributed by atoms with van der Waals surface area (Å²) in [6.45, 7) is 4.65. The van der Waals surface area contributed by atoms with Gasteiger partial charge in [0.2, 0.25) is 5.71 Å². The first kappa shape index (κ1) is 29.6. The summed E-state index contributed by atoms with van der Waals surface area (Å²) in [6.07, 6.45) is 0. The minimum atomic E-state index is -0.275. The zero-order valence-corrected chi connectivity index (χ0v) is 29.7. The third kappa shape index (κ3) is 3.83. The van der Waals surface area contributed by atoms with Crippen LogP contribution in [0, 0.1) is 0 Å². The van der Waals surface area contributed by atoms with Crippen molar-refractivity contribution < 1.29 is 4.42 Å². The van der Waals surface area contributed by atoms with Gasteiger partial charge in [0, 0.05) is 49.2 Å². The molecule has 0 unspecified atom stereocenters. The fraction of sp³-hybridized carbons (Fsp3) is 0.0612. The monoisotopic (exact) mass is 692 g/mol. The first-order chi connectivity index (χ1) is 26.6. The molecule has 1 aliphatic heterocycles. The number of para-hydroxylation sites is 6. The Morgan fingerprint density at radius 1 is 0.537 bits per heavy atom. The minimum absolute atomic E-state index is 0.275. The number of fused-ring (bicyclic) bond motifs is 11. The molecule has 5 heterocycles. The SMILES string of the molecule is CC1(C)c2cccc(-c3nc(-c4cccc(-n5c6ccccc6c6ccccc65)c4)c4ccccc4n3)c2-n2c3oc4ccccc4c3c3cccc1c32. The molecule has 0 bridgehead atoms. The number of benzene rings is 7. The van der Waals surface area contributed by atoms with E-state index in [1.807, 2.05) is 6.07 Å². The van der Waals surface area contributed by atoms with Crippen molar-refractivity contribution in [2.45, 2.75) is 19.3 Å². The van der Waals surface area contributed by atoms with E-state index in [1.165, 1.54) is 43.8 Å². The molecule has 54 heavy (non-hydrogen) atoms. The second kappa shape index (κ2) is 10.6. The number of hydrogen-bond acceptors (Lipinski definition) is 3. The van der Waals surface area contributed by atoms with Crippen LogP contribution in [-0.2, 0) is 5.41 Å². The van der Waals surface area contributed by atoms with Crippen LogP contribution >= 0.6 is 0 Å². The second-order valence-corrected chi connectivity index (χ2v) is 15.0. The summed E-state index contributed by atoms with van der Waals surface area (Å²) in [4.78, 5) is 10.8. The van der Waals surface area contributed by atoms with E-state index in [0.29, 0.717) is 5.82 Å². The highest BCUT2D eigenvalue weighted by atomic mass is 16.3. The fourth-order valence-electron chi connectivity index (χ4n) is 9.28. The van der Waals surface area contributed by atoms with Crippen LogP contribution in [0.2, 0.25) is 0 Å². The summed E-state index contributed by atoms with van der Waals surface area (Å²) < 4.78 is 11.5. The topological polar surface area (TPSA) is 48.8 Å². The van der Waals surface area contributed by atoms with Crippen LogP contribution in [0.15, 0.2) is 162 Å². The maximum absolute atomic E-state index is 6.76. The van der Waals surface area contributed by atoms with Crippen LogP contribution in [0.25, 0.3) is 99.7 Å². The molecule has 11 aromatic rings. The van der Waals surface area contributed by atoms with E-state index in [4.69, 9.17) is 14.4 Å². The lowest BCUT2D eigenvalue weighted by molar-refractivity contribution is 0.612. The third-order valence-corrected chi connectivity index (χ3v) is 11.7. The summed E-state index contributed by atoms with van der Waals surface area (Å²) in [5.41, 5.74) is 13.5. The number of rotatable bonds is 3. The van der Waals surface area contributed by atoms with E-state index in [2.05, 4.69) is 175 Å². The highest BCUT2D eigenvalue weighted by Gasteiger charge is 2.38. The maximum atomic E-state index is 6.76. The van der Waals surface area contributed by atoms with Crippen molar-refractivity contribution in [3.8, 4) is 34.0 Å². The minimum Gasteiger partial charge on any atom is -0.439 e. The van der Waals surface area contributed by atoms with Gasteiger partial charge in [-0.2, -0.15) is 0 Å². The van der Waals surface area contributed by atoms with E-state index >= 15 is 0 Å². The van der Waals surface area contributed by atoms with Crippen LogP contribution in [0.3, 0.4) is 0 Å². The van der Waals surface area contributed by atoms with Gasteiger partial charge in [0.25, 0.3) is 0 Å². The lowest BCUT2D eigenvalue weighted by atomic mass is 9.74. The molecule has 5 heteroatoms. The Bertz CT molecular complexity index is 3320. The van der Waals surface area contributed by atoms with Crippen molar-refractivity contribution in [2.24, 2.45) is 0 Å². The predicted molar refractivity (Wildman–Crippen MR) is 221 cm³/mol. The Morgan fingerprint density at radius 2 is 1.19 bits per heavy atom. The summed E-state index contributed by atoms with van der Waals surface area (Å²) in [5, 5.41) is 6.96. The number of aromatic nitrogens is 4. The lowest BCUT2D eigenvalue weighted by Crippen LogP contribution is -2.26. The summed E-state index contributed by atoms with van der Waals surface area (Å²) in [7, 11) is 0. The Kier molecular flexibility index (Phi) is 5.78. The second-order valence-electron chi connectivity index (χ2n) is 15.0. The first-order valence-corrected chi connectivity index (χ1v) is 18.5. The summed E-state index contributed by atoms with van der Waals surface area (Å²) in [5.74, 6) is 0.684. The summed E-state index contributed by atoms with van der Waals surface area (Å²) in [6, 6.07) is 56.0. The lowest BCUT2D eigenvalue weighted by Gasteiger charge is -2.35. The van der Waals surface area contributed by atoms with Crippen LogP contribution in [-0.4, -0.2) is 19.1 Å². The van der Waals surface area contributed by atoms with Crippen molar-refractivity contribution in [3.05, 3.63) is 169 Å². The van der Waals surface area contributed by atoms with Crippen molar-refractivity contribution >= 4 is 65.7 Å². The highest BCUT2D eigenvalue weighted by molar-refractivity contribution is 6.21. The zero-order chi connectivity index (χ0) is 35.7. The average Bonchev–Trinajstić information content (AvgIpc) is 3.87. The van der Waals surface area contributed by atoms with Gasteiger partial charge >= 0.3 is 0 Å². The van der Waals surface area contributed by atoms with Crippen LogP contribution in [0.1, 0.15) is 25.0 Å². The van der Waals surface area contributed by atoms with E-state index in [9.17, 15) is 0 Å². The van der Waals surface area contributed by atoms with Crippen LogP contribution < -0.4 is 0 Å². The van der Waals surface area contributed by atoms with E-state index < -0.39 is 0 Å². The normalized spacial score (nSPS) is 13.5. The Morgan fingerprint density at radius 3 is 2.00 bits per heavy atom. The number of nitrogens with zero attached hydrogens (tertiary/aromatic N) is 4. The molecule has 4 aromatic heterocycles. The fourth-order valence-corrected chi connectivity index (χ4v) is 9.28. The van der Waals surface area contributed by atoms with Crippen LogP contribution in [0.4, 0.5) is 0 Å². The van der Waals surface area contributed by atoms with E-state index in [-0.39, 0.29) is 5.41 Å². The van der Waals surface area contributed by atoms with Crippen LogP contribution in [0.5, 0.6) is 0 Å².